The molecule has 0 atom stereocenters. The van der Waals surface area contributed by atoms with E-state index in [9.17, 15) is 0 Å². The Morgan fingerprint density at radius 3 is 2.24 bits per heavy atom. The first-order valence-corrected chi connectivity index (χ1v) is 15.9. The molecule has 5 heteroatoms. The smallest absolute Gasteiger partial charge is 0.160 e. The minimum absolute atomic E-state index is 0.742. The Hall–Kier alpha value is -5.65. The topological polar surface area (TPSA) is 35.6 Å². The molecule has 0 unspecified atom stereocenters. The standard InChI is InChI=1S/C40H24N4S/c1-2-9-28(10-3-1)44-33-14-6-4-11-29(33)30-22-19-25-23-24-43(38(25)39(30)44)27-20-17-26(18-21-27)40-41-32-13-8-16-35-36(32)37(42-40)31-12-5-7-15-34(31)45-35/h1-24H. The highest BCUT2D eigenvalue weighted by atomic mass is 32.2. The van der Waals surface area contributed by atoms with Crippen molar-refractivity contribution in [3.05, 3.63) is 146 Å². The maximum absolute atomic E-state index is 5.16. The van der Waals surface area contributed by atoms with Gasteiger partial charge < -0.3 is 9.13 Å². The third-order valence-corrected chi connectivity index (χ3v) is 10.1. The molecule has 3 aromatic heterocycles. The van der Waals surface area contributed by atoms with Gasteiger partial charge in [0.05, 0.1) is 27.8 Å². The Bertz CT molecular complexity index is 2610. The van der Waals surface area contributed by atoms with E-state index in [0.717, 1.165) is 39.4 Å². The number of hydrogen-bond acceptors (Lipinski definition) is 3. The fourth-order valence-electron chi connectivity index (χ4n) is 6.93. The van der Waals surface area contributed by atoms with Crippen LogP contribution in [-0.4, -0.2) is 19.1 Å². The van der Waals surface area contributed by atoms with Gasteiger partial charge in [0.15, 0.2) is 5.82 Å². The normalized spacial score (nSPS) is 12.4. The molecule has 0 saturated heterocycles. The van der Waals surface area contributed by atoms with E-state index >= 15 is 0 Å². The molecule has 4 nitrogen and oxygen atoms in total. The maximum Gasteiger partial charge on any atom is 0.160 e. The zero-order chi connectivity index (χ0) is 29.5. The van der Waals surface area contributed by atoms with E-state index in [-0.39, 0.29) is 0 Å². The largest absolute Gasteiger partial charge is 0.315 e. The van der Waals surface area contributed by atoms with Crippen LogP contribution in [0.4, 0.5) is 0 Å². The lowest BCUT2D eigenvalue weighted by Gasteiger charge is -2.19. The molecule has 0 fully saturated rings. The van der Waals surface area contributed by atoms with E-state index in [4.69, 9.17) is 9.97 Å². The Morgan fingerprint density at radius 1 is 0.533 bits per heavy atom. The first-order valence-electron chi connectivity index (χ1n) is 15.1. The molecule has 0 spiro atoms. The SMILES string of the molecule is c1ccc(-n2c3ccccc3c3ccc4ccn(-c5ccc(-c6nc7c8c(cccc8n6)Sc6ccccc6-7)cc5)c4c32)cc1. The van der Waals surface area contributed by atoms with Crippen molar-refractivity contribution >= 4 is 55.4 Å². The van der Waals surface area contributed by atoms with E-state index in [1.165, 1.54) is 48.1 Å². The van der Waals surface area contributed by atoms with E-state index in [0.29, 0.717) is 0 Å². The lowest BCUT2D eigenvalue weighted by molar-refractivity contribution is 1.11. The van der Waals surface area contributed by atoms with Gasteiger partial charge >= 0.3 is 0 Å². The van der Waals surface area contributed by atoms with E-state index in [2.05, 4.69) is 155 Å². The van der Waals surface area contributed by atoms with Gasteiger partial charge in [-0.05, 0) is 66.7 Å². The van der Waals surface area contributed by atoms with Crippen LogP contribution in [0.2, 0.25) is 0 Å². The summed E-state index contributed by atoms with van der Waals surface area (Å²) in [6, 6.07) is 49.6. The third kappa shape index (κ3) is 3.62. The molecule has 1 aliphatic heterocycles. The van der Waals surface area contributed by atoms with Crippen LogP contribution in [0.25, 0.3) is 77.6 Å². The summed E-state index contributed by atoms with van der Waals surface area (Å²) in [6.45, 7) is 0. The predicted molar refractivity (Wildman–Crippen MR) is 186 cm³/mol. The maximum atomic E-state index is 5.16. The molecule has 0 saturated carbocycles. The van der Waals surface area contributed by atoms with Gasteiger partial charge in [0.2, 0.25) is 0 Å². The van der Waals surface area contributed by atoms with Crippen LogP contribution in [-0.2, 0) is 0 Å². The summed E-state index contributed by atoms with van der Waals surface area (Å²) in [5, 5.41) is 4.84. The fraction of sp³-hybridized carbons (Fsp3) is 0. The molecular formula is C40H24N4S. The highest BCUT2D eigenvalue weighted by molar-refractivity contribution is 7.99. The van der Waals surface area contributed by atoms with Crippen LogP contribution < -0.4 is 0 Å². The fourth-order valence-corrected chi connectivity index (χ4v) is 8.04. The summed E-state index contributed by atoms with van der Waals surface area (Å²) < 4.78 is 4.71. The van der Waals surface area contributed by atoms with Crippen molar-refractivity contribution in [2.45, 2.75) is 9.79 Å². The summed E-state index contributed by atoms with van der Waals surface area (Å²) in [6.07, 6.45) is 2.18. The molecule has 210 valence electrons. The Morgan fingerprint density at radius 2 is 1.33 bits per heavy atom. The van der Waals surface area contributed by atoms with Crippen molar-refractivity contribution in [2.75, 3.05) is 0 Å². The summed E-state index contributed by atoms with van der Waals surface area (Å²) >= 11 is 1.79. The summed E-state index contributed by atoms with van der Waals surface area (Å²) in [5.74, 6) is 0.742. The Labute approximate surface area is 263 Å². The monoisotopic (exact) mass is 592 g/mol. The van der Waals surface area contributed by atoms with Crippen molar-refractivity contribution in [3.63, 3.8) is 0 Å². The number of aromatic nitrogens is 4. The number of rotatable bonds is 3. The number of benzene rings is 6. The van der Waals surface area contributed by atoms with Gasteiger partial charge in [-0.15, -0.1) is 0 Å². The molecule has 9 aromatic rings. The highest BCUT2D eigenvalue weighted by Gasteiger charge is 2.22. The second-order valence-electron chi connectivity index (χ2n) is 11.5. The lowest BCUT2D eigenvalue weighted by Crippen LogP contribution is -2.00. The number of fused-ring (bicyclic) bond motifs is 7. The molecule has 45 heavy (non-hydrogen) atoms. The minimum Gasteiger partial charge on any atom is -0.315 e. The molecule has 0 amide bonds. The molecule has 0 bridgehead atoms. The third-order valence-electron chi connectivity index (χ3n) is 8.95. The molecule has 0 radical (unpaired) electrons. The zero-order valence-electron chi connectivity index (χ0n) is 24.1. The van der Waals surface area contributed by atoms with E-state index in [1.54, 1.807) is 11.8 Å². The first-order chi connectivity index (χ1) is 22.3. The average Bonchev–Trinajstić information content (AvgIpc) is 3.68. The van der Waals surface area contributed by atoms with Gasteiger partial charge in [-0.25, -0.2) is 9.97 Å². The van der Waals surface area contributed by atoms with Crippen LogP contribution in [0.3, 0.4) is 0 Å². The van der Waals surface area contributed by atoms with Crippen molar-refractivity contribution in [2.24, 2.45) is 0 Å². The quantitative estimate of drug-likeness (QED) is 0.205. The molecule has 6 aromatic carbocycles. The van der Waals surface area contributed by atoms with Crippen LogP contribution >= 0.6 is 11.8 Å². The summed E-state index contributed by atoms with van der Waals surface area (Å²) in [5.41, 5.74) is 10.0. The zero-order valence-corrected chi connectivity index (χ0v) is 24.9. The van der Waals surface area contributed by atoms with Gasteiger partial charge in [0.1, 0.15) is 0 Å². The molecule has 1 aliphatic rings. The van der Waals surface area contributed by atoms with Crippen molar-refractivity contribution in [1.29, 1.82) is 0 Å². The predicted octanol–water partition coefficient (Wildman–Crippen LogP) is 10.5. The second-order valence-corrected chi connectivity index (χ2v) is 12.5. The van der Waals surface area contributed by atoms with Gasteiger partial charge in [0.25, 0.3) is 0 Å². The molecule has 0 N–H and O–H groups in total. The molecule has 0 aliphatic carbocycles. The second kappa shape index (κ2) is 9.42. The Kier molecular flexibility index (Phi) is 5.18. The highest BCUT2D eigenvalue weighted by Crippen LogP contribution is 2.47. The molecule has 10 rings (SSSR count). The van der Waals surface area contributed by atoms with Gasteiger partial charge in [-0.1, -0.05) is 84.6 Å². The summed E-state index contributed by atoms with van der Waals surface area (Å²) in [7, 11) is 0. The van der Waals surface area contributed by atoms with Crippen LogP contribution in [0.15, 0.2) is 156 Å². The number of hydrogen-bond donors (Lipinski definition) is 0. The summed E-state index contributed by atoms with van der Waals surface area (Å²) in [4.78, 5) is 12.6. The van der Waals surface area contributed by atoms with Crippen LogP contribution in [0.1, 0.15) is 0 Å². The van der Waals surface area contributed by atoms with Crippen molar-refractivity contribution in [3.8, 4) is 34.0 Å². The van der Waals surface area contributed by atoms with Crippen molar-refractivity contribution < 1.29 is 0 Å². The van der Waals surface area contributed by atoms with Gasteiger partial charge in [-0.2, -0.15) is 0 Å². The number of nitrogens with zero attached hydrogens (tertiary/aromatic N) is 4. The molecular weight excluding hydrogens is 569 g/mol. The van der Waals surface area contributed by atoms with Crippen molar-refractivity contribution in [1.82, 2.24) is 19.1 Å². The van der Waals surface area contributed by atoms with Crippen LogP contribution in [0, 0.1) is 0 Å². The van der Waals surface area contributed by atoms with Gasteiger partial charge in [0, 0.05) is 60.0 Å². The first kappa shape index (κ1) is 24.8. The average molecular weight is 593 g/mol. The van der Waals surface area contributed by atoms with E-state index < -0.39 is 0 Å². The Balaban J connectivity index is 1.16. The molecule has 4 heterocycles. The minimum atomic E-state index is 0.742. The number of para-hydroxylation sites is 2. The van der Waals surface area contributed by atoms with Crippen LogP contribution in [0.5, 0.6) is 0 Å². The van der Waals surface area contributed by atoms with E-state index in [1.807, 2.05) is 0 Å². The van der Waals surface area contributed by atoms with Gasteiger partial charge in [-0.3, -0.25) is 0 Å². The lowest BCUT2D eigenvalue weighted by atomic mass is 10.0.